The van der Waals surface area contributed by atoms with E-state index in [0.29, 0.717) is 10.0 Å². The van der Waals surface area contributed by atoms with E-state index in [4.69, 9.17) is 23.2 Å². The highest BCUT2D eigenvalue weighted by molar-refractivity contribution is 6.32. The summed E-state index contributed by atoms with van der Waals surface area (Å²) in [7, 11) is 0. The van der Waals surface area contributed by atoms with E-state index < -0.39 is 0 Å². The van der Waals surface area contributed by atoms with Crippen molar-refractivity contribution in [2.24, 2.45) is 4.99 Å². The van der Waals surface area contributed by atoms with Gasteiger partial charge in [-0.05, 0) is 30.3 Å². The van der Waals surface area contributed by atoms with Crippen LogP contribution >= 0.6 is 23.2 Å². The first-order chi connectivity index (χ1) is 11.2. The van der Waals surface area contributed by atoms with Gasteiger partial charge in [0, 0.05) is 53.7 Å². The molecule has 1 fully saturated rings. The summed E-state index contributed by atoms with van der Waals surface area (Å²) in [4.78, 5) is 6.97. The summed E-state index contributed by atoms with van der Waals surface area (Å²) in [6, 6.07) is 9.60. The molecule has 0 bridgehead atoms. The van der Waals surface area contributed by atoms with Crippen molar-refractivity contribution in [1.82, 2.24) is 5.32 Å². The Morgan fingerprint density at radius 1 is 0.957 bits per heavy atom. The molecule has 0 atom stereocenters. The number of hydrogen-bond acceptors (Lipinski definition) is 4. The molecule has 0 aromatic heterocycles. The van der Waals surface area contributed by atoms with Crippen LogP contribution in [0, 0.1) is 0 Å². The third-order valence-electron chi connectivity index (χ3n) is 4.14. The molecule has 0 unspecified atom stereocenters. The van der Waals surface area contributed by atoms with E-state index in [0.717, 1.165) is 54.5 Å². The zero-order valence-electron chi connectivity index (χ0n) is 12.4. The first-order valence-electron chi connectivity index (χ1n) is 7.60. The van der Waals surface area contributed by atoms with E-state index in [-0.39, 0.29) is 0 Å². The third kappa shape index (κ3) is 2.90. The highest BCUT2D eigenvalue weighted by atomic mass is 35.5. The minimum absolute atomic E-state index is 0.680. The number of nitrogens with one attached hydrogen (secondary N) is 2. The van der Waals surface area contributed by atoms with Crippen LogP contribution in [0.4, 0.5) is 22.7 Å². The van der Waals surface area contributed by atoms with E-state index in [1.165, 1.54) is 0 Å². The number of aliphatic imine (C=N–C) groups is 1. The molecule has 0 aliphatic carbocycles. The maximum Gasteiger partial charge on any atom is 0.0865 e. The van der Waals surface area contributed by atoms with Crippen LogP contribution in [0.5, 0.6) is 0 Å². The van der Waals surface area contributed by atoms with Gasteiger partial charge in [0.2, 0.25) is 0 Å². The molecule has 2 aromatic carbocycles. The van der Waals surface area contributed by atoms with Crippen LogP contribution in [-0.2, 0) is 0 Å². The summed E-state index contributed by atoms with van der Waals surface area (Å²) in [5, 5.41) is 8.19. The summed E-state index contributed by atoms with van der Waals surface area (Å²) < 4.78 is 0. The second kappa shape index (κ2) is 6.04. The highest BCUT2D eigenvalue weighted by Gasteiger charge is 2.19. The van der Waals surface area contributed by atoms with E-state index in [9.17, 15) is 0 Å². The monoisotopic (exact) mass is 346 g/mol. The SMILES string of the molecule is Clc1ccc2c(c1)Nc1cc(Cl)cc(N3CCNCC3)c1C=N2. The zero-order valence-corrected chi connectivity index (χ0v) is 14.0. The van der Waals surface area contributed by atoms with Gasteiger partial charge in [0.05, 0.1) is 17.1 Å². The predicted molar refractivity (Wildman–Crippen MR) is 98.5 cm³/mol. The van der Waals surface area contributed by atoms with Crippen LogP contribution in [0.2, 0.25) is 10.0 Å². The number of benzene rings is 2. The summed E-state index contributed by atoms with van der Waals surface area (Å²) in [5.41, 5.74) is 4.89. The Balaban J connectivity index is 1.82. The zero-order chi connectivity index (χ0) is 15.8. The van der Waals surface area contributed by atoms with Crippen LogP contribution in [0.15, 0.2) is 35.3 Å². The van der Waals surface area contributed by atoms with Crippen molar-refractivity contribution in [1.29, 1.82) is 0 Å². The van der Waals surface area contributed by atoms with Crippen LogP contribution in [0.3, 0.4) is 0 Å². The number of halogens is 2. The summed E-state index contributed by atoms with van der Waals surface area (Å²) in [6.07, 6.45) is 1.91. The van der Waals surface area contributed by atoms with Gasteiger partial charge in [0.15, 0.2) is 0 Å². The van der Waals surface area contributed by atoms with Gasteiger partial charge in [0.25, 0.3) is 0 Å². The molecule has 0 radical (unpaired) electrons. The number of nitrogens with zero attached hydrogens (tertiary/aromatic N) is 2. The molecular weight excluding hydrogens is 331 g/mol. The molecular formula is C17H16Cl2N4. The summed E-state index contributed by atoms with van der Waals surface area (Å²) in [6.45, 7) is 3.86. The van der Waals surface area contributed by atoms with E-state index >= 15 is 0 Å². The lowest BCUT2D eigenvalue weighted by Gasteiger charge is -2.31. The quantitative estimate of drug-likeness (QED) is 0.693. The first-order valence-corrected chi connectivity index (χ1v) is 8.36. The molecule has 6 heteroatoms. The molecule has 2 aliphatic heterocycles. The van der Waals surface area contributed by atoms with Gasteiger partial charge >= 0.3 is 0 Å². The molecule has 2 N–H and O–H groups in total. The third-order valence-corrected chi connectivity index (χ3v) is 4.59. The van der Waals surface area contributed by atoms with Gasteiger partial charge < -0.3 is 15.5 Å². The maximum absolute atomic E-state index is 6.36. The molecule has 0 amide bonds. The number of hydrogen-bond donors (Lipinski definition) is 2. The van der Waals surface area contributed by atoms with Gasteiger partial charge in [-0.1, -0.05) is 23.2 Å². The van der Waals surface area contributed by atoms with Crippen molar-refractivity contribution in [3.05, 3.63) is 45.9 Å². The fourth-order valence-electron chi connectivity index (χ4n) is 3.01. The molecule has 23 heavy (non-hydrogen) atoms. The van der Waals surface area contributed by atoms with Gasteiger partial charge in [-0.2, -0.15) is 0 Å². The van der Waals surface area contributed by atoms with E-state index in [2.05, 4.69) is 20.5 Å². The molecule has 0 spiro atoms. The van der Waals surface area contributed by atoms with Crippen LogP contribution in [-0.4, -0.2) is 32.4 Å². The average Bonchev–Trinajstić information content (AvgIpc) is 2.73. The van der Waals surface area contributed by atoms with E-state index in [1.807, 2.05) is 36.5 Å². The summed E-state index contributed by atoms with van der Waals surface area (Å²) in [5.74, 6) is 0. The highest BCUT2D eigenvalue weighted by Crippen LogP contribution is 2.39. The van der Waals surface area contributed by atoms with Crippen LogP contribution in [0.25, 0.3) is 0 Å². The second-order valence-corrected chi connectivity index (χ2v) is 6.54. The van der Waals surface area contributed by atoms with E-state index in [1.54, 1.807) is 0 Å². The molecule has 2 heterocycles. The minimum Gasteiger partial charge on any atom is -0.368 e. The van der Waals surface area contributed by atoms with Crippen molar-refractivity contribution in [3.63, 3.8) is 0 Å². The van der Waals surface area contributed by atoms with Crippen LogP contribution in [0.1, 0.15) is 5.56 Å². The van der Waals surface area contributed by atoms with Gasteiger partial charge in [-0.25, -0.2) is 0 Å². The van der Waals surface area contributed by atoms with Gasteiger partial charge in [-0.15, -0.1) is 0 Å². The fourth-order valence-corrected chi connectivity index (χ4v) is 3.39. The molecule has 0 saturated carbocycles. The number of fused-ring (bicyclic) bond motifs is 2. The first kappa shape index (κ1) is 14.8. The summed E-state index contributed by atoms with van der Waals surface area (Å²) >= 11 is 12.5. The Kier molecular flexibility index (Phi) is 3.89. The largest absolute Gasteiger partial charge is 0.368 e. The lowest BCUT2D eigenvalue weighted by atomic mass is 10.1. The maximum atomic E-state index is 6.36. The van der Waals surface area contributed by atoms with Crippen molar-refractivity contribution in [2.45, 2.75) is 0 Å². The molecule has 4 nitrogen and oxygen atoms in total. The number of rotatable bonds is 1. The average molecular weight is 347 g/mol. The van der Waals surface area contributed by atoms with Crippen LogP contribution < -0.4 is 15.5 Å². The normalized spacial score (nSPS) is 16.3. The Morgan fingerprint density at radius 2 is 1.74 bits per heavy atom. The Bertz CT molecular complexity index is 782. The fraction of sp³-hybridized carbons (Fsp3) is 0.235. The van der Waals surface area contributed by atoms with Crippen molar-refractivity contribution >= 4 is 52.2 Å². The smallest absolute Gasteiger partial charge is 0.0865 e. The number of anilines is 3. The van der Waals surface area contributed by atoms with Gasteiger partial charge in [-0.3, -0.25) is 4.99 Å². The standard InChI is InChI=1S/C17H16Cl2N4/c18-11-1-2-14-16(7-11)22-15-8-12(19)9-17(13(15)10-21-14)23-5-3-20-4-6-23/h1-2,7-10,20,22H,3-6H2. The lowest BCUT2D eigenvalue weighted by Crippen LogP contribution is -2.43. The van der Waals surface area contributed by atoms with Gasteiger partial charge in [0.1, 0.15) is 0 Å². The minimum atomic E-state index is 0.680. The number of piperazine rings is 1. The van der Waals surface area contributed by atoms with Crippen molar-refractivity contribution in [2.75, 3.05) is 36.4 Å². The molecule has 2 aromatic rings. The second-order valence-electron chi connectivity index (χ2n) is 5.67. The van der Waals surface area contributed by atoms with Crippen molar-refractivity contribution < 1.29 is 0 Å². The lowest BCUT2D eigenvalue weighted by molar-refractivity contribution is 0.589. The Labute approximate surface area is 145 Å². The molecule has 4 rings (SSSR count). The Hall–Kier alpha value is -1.75. The topological polar surface area (TPSA) is 39.7 Å². The molecule has 118 valence electrons. The van der Waals surface area contributed by atoms with Crippen molar-refractivity contribution in [3.8, 4) is 0 Å². The predicted octanol–water partition coefficient (Wildman–Crippen LogP) is 4.21. The Morgan fingerprint density at radius 3 is 2.57 bits per heavy atom. The molecule has 1 saturated heterocycles. The molecule has 2 aliphatic rings.